The van der Waals surface area contributed by atoms with E-state index in [0.29, 0.717) is 37.3 Å². The smallest absolute Gasteiger partial charge is 0.396 e. The maximum absolute atomic E-state index is 11.6. The van der Waals surface area contributed by atoms with Crippen molar-refractivity contribution in [2.75, 3.05) is 26.6 Å². The molecule has 1 saturated carbocycles. The largest absolute Gasteiger partial charge is 0.494 e. The molecule has 0 saturated heterocycles. The molecule has 0 bridgehead atoms. The Hall–Kier alpha value is -2.84. The van der Waals surface area contributed by atoms with Gasteiger partial charge in [0.1, 0.15) is 17.5 Å². The summed E-state index contributed by atoms with van der Waals surface area (Å²) in [5, 5.41) is 2.36. The van der Waals surface area contributed by atoms with Crippen LogP contribution in [0.3, 0.4) is 0 Å². The normalized spacial score (nSPS) is 19.2. The van der Waals surface area contributed by atoms with E-state index >= 15 is 0 Å². The zero-order valence-corrected chi connectivity index (χ0v) is 14.9. The summed E-state index contributed by atoms with van der Waals surface area (Å²) >= 11 is 0. The molecule has 0 radical (unpaired) electrons. The van der Waals surface area contributed by atoms with Gasteiger partial charge in [-0.25, -0.2) is 9.78 Å². The van der Waals surface area contributed by atoms with Crippen LogP contribution in [0, 0.1) is 5.92 Å². The second-order valence-electron chi connectivity index (χ2n) is 5.78. The molecule has 2 rings (SSSR count). The van der Waals surface area contributed by atoms with Crippen molar-refractivity contribution in [2.24, 2.45) is 5.92 Å². The summed E-state index contributed by atoms with van der Waals surface area (Å²) in [5.41, 5.74) is 0.227. The van der Waals surface area contributed by atoms with E-state index in [9.17, 15) is 14.4 Å². The first-order valence-electron chi connectivity index (χ1n) is 8.16. The zero-order valence-electron chi connectivity index (χ0n) is 14.9. The summed E-state index contributed by atoms with van der Waals surface area (Å²) in [7, 11) is 3.93. The van der Waals surface area contributed by atoms with E-state index < -0.39 is 11.9 Å². The molecule has 1 aliphatic rings. The van der Waals surface area contributed by atoms with Gasteiger partial charge in [0.15, 0.2) is 0 Å². The molecule has 1 N–H and O–H groups in total. The number of nitrogens with zero attached hydrogens (tertiary/aromatic N) is 1. The molecular formula is C17H24N2O7. The number of nitrogens with one attached hydrogen (secondary N) is 1. The third kappa shape index (κ3) is 4.84. The first kappa shape index (κ1) is 19.5. The Morgan fingerprint density at radius 3 is 2.38 bits per heavy atom. The Labute approximate surface area is 152 Å². The fraction of sp³-hybridized carbons (Fsp3) is 0.529. The Kier molecular flexibility index (Phi) is 6.76. The van der Waals surface area contributed by atoms with Gasteiger partial charge in [-0.15, -0.1) is 0 Å². The summed E-state index contributed by atoms with van der Waals surface area (Å²) in [6, 6.07) is 1.53. The summed E-state index contributed by atoms with van der Waals surface area (Å²) in [5.74, 6) is -1.58. The molecule has 9 nitrogen and oxygen atoms in total. The van der Waals surface area contributed by atoms with Crippen molar-refractivity contribution in [3.8, 4) is 11.6 Å². The molecule has 1 fully saturated rings. The van der Waals surface area contributed by atoms with Gasteiger partial charge in [0.2, 0.25) is 5.88 Å². The summed E-state index contributed by atoms with van der Waals surface area (Å²) in [6.07, 6.45) is 4.09. The molecule has 0 unspecified atom stereocenters. The summed E-state index contributed by atoms with van der Waals surface area (Å²) in [6.45, 7) is 0. The molecule has 1 heterocycles. The highest BCUT2D eigenvalue weighted by molar-refractivity contribution is 6.37. The highest BCUT2D eigenvalue weighted by Crippen LogP contribution is 2.31. The van der Waals surface area contributed by atoms with Gasteiger partial charge in [-0.3, -0.25) is 9.59 Å². The monoisotopic (exact) mass is 368 g/mol. The Balaban J connectivity index is 0.00000364. The number of carbonyl (C=O) groups is 3. The lowest BCUT2D eigenvalue weighted by molar-refractivity contribution is -0.150. The van der Waals surface area contributed by atoms with Crippen molar-refractivity contribution in [3.63, 3.8) is 0 Å². The summed E-state index contributed by atoms with van der Waals surface area (Å²) in [4.78, 5) is 38.5. The van der Waals surface area contributed by atoms with E-state index in [1.807, 2.05) is 0 Å². The maximum Gasteiger partial charge on any atom is 0.396 e. The highest BCUT2D eigenvalue weighted by Gasteiger charge is 2.28. The molecule has 144 valence electrons. The van der Waals surface area contributed by atoms with Crippen LogP contribution in [-0.2, 0) is 23.9 Å². The topological polar surface area (TPSA) is 113 Å². The first-order chi connectivity index (χ1) is 12.5. The second-order valence-corrected chi connectivity index (χ2v) is 5.78. The van der Waals surface area contributed by atoms with E-state index in [4.69, 9.17) is 14.2 Å². The van der Waals surface area contributed by atoms with Crippen LogP contribution in [0.25, 0.3) is 0 Å². The number of esters is 2. The van der Waals surface area contributed by atoms with Crippen molar-refractivity contribution in [3.05, 3.63) is 12.3 Å². The van der Waals surface area contributed by atoms with Crippen LogP contribution < -0.4 is 14.8 Å². The quantitative estimate of drug-likeness (QED) is 0.615. The van der Waals surface area contributed by atoms with Crippen LogP contribution in [0.1, 0.15) is 27.1 Å². The van der Waals surface area contributed by atoms with Crippen molar-refractivity contribution in [1.82, 2.24) is 4.98 Å². The number of hydrogen-bond acceptors (Lipinski definition) is 8. The molecule has 0 atom stereocenters. The summed E-state index contributed by atoms with van der Waals surface area (Å²) < 4.78 is 20.2. The lowest BCUT2D eigenvalue weighted by Crippen LogP contribution is -2.28. The van der Waals surface area contributed by atoms with Crippen molar-refractivity contribution in [1.29, 1.82) is 0 Å². The average molecular weight is 368 g/mol. The number of amides is 1. The van der Waals surface area contributed by atoms with Crippen LogP contribution in [-0.4, -0.2) is 50.3 Å². The number of methoxy groups -OCH3 is 3. The third-order valence-corrected chi connectivity index (χ3v) is 4.18. The third-order valence-electron chi connectivity index (χ3n) is 4.18. The molecule has 1 amide bonds. The van der Waals surface area contributed by atoms with E-state index in [0.717, 1.165) is 7.11 Å². The van der Waals surface area contributed by atoms with Gasteiger partial charge in [0.05, 0.1) is 33.4 Å². The van der Waals surface area contributed by atoms with E-state index in [1.54, 1.807) is 0 Å². The predicted octanol–water partition coefficient (Wildman–Crippen LogP) is 1.56. The Morgan fingerprint density at radius 1 is 1.12 bits per heavy atom. The van der Waals surface area contributed by atoms with E-state index in [2.05, 4.69) is 15.0 Å². The number of ether oxygens (including phenoxy) is 4. The molecule has 0 aliphatic heterocycles. The molecular weight excluding hydrogens is 344 g/mol. The molecule has 9 heteroatoms. The standard InChI is InChI=1S/C17H22N2O7.H2/c1-23-13-8-14(18-9-12(13)19-15(20)17(22)25-3)26-11-6-4-10(5-7-11)16(21)24-2;/h8-11H,4-7H2,1-3H3,(H,19,20);1H. The average Bonchev–Trinajstić information content (AvgIpc) is 2.68. The lowest BCUT2D eigenvalue weighted by atomic mass is 9.87. The zero-order chi connectivity index (χ0) is 19.1. The van der Waals surface area contributed by atoms with Gasteiger partial charge in [0.25, 0.3) is 0 Å². The van der Waals surface area contributed by atoms with Gasteiger partial charge >= 0.3 is 17.8 Å². The van der Waals surface area contributed by atoms with Crippen LogP contribution in [0.2, 0.25) is 0 Å². The minimum absolute atomic E-state index is 0. The van der Waals surface area contributed by atoms with Gasteiger partial charge in [-0.1, -0.05) is 0 Å². The van der Waals surface area contributed by atoms with E-state index in [1.165, 1.54) is 26.5 Å². The molecule has 1 aliphatic carbocycles. The van der Waals surface area contributed by atoms with Crippen molar-refractivity contribution < 1.29 is 34.8 Å². The SMILES string of the molecule is COC(=O)C(=O)Nc1cnc(OC2CCC(C(=O)OC)CC2)cc1OC.[HH]. The number of carbonyl (C=O) groups excluding carboxylic acids is 3. The van der Waals surface area contributed by atoms with Crippen LogP contribution in [0.15, 0.2) is 12.3 Å². The fourth-order valence-corrected chi connectivity index (χ4v) is 2.77. The van der Waals surface area contributed by atoms with Crippen molar-refractivity contribution >= 4 is 23.5 Å². The predicted molar refractivity (Wildman–Crippen MR) is 91.9 cm³/mol. The fourth-order valence-electron chi connectivity index (χ4n) is 2.77. The number of rotatable bonds is 5. The number of aromatic nitrogens is 1. The minimum atomic E-state index is -1.02. The van der Waals surface area contributed by atoms with Crippen LogP contribution >= 0.6 is 0 Å². The highest BCUT2D eigenvalue weighted by atomic mass is 16.5. The molecule has 0 spiro atoms. The number of pyridine rings is 1. The van der Waals surface area contributed by atoms with E-state index in [-0.39, 0.29) is 25.1 Å². The van der Waals surface area contributed by atoms with Gasteiger partial charge in [-0.05, 0) is 25.7 Å². The maximum atomic E-state index is 11.6. The molecule has 26 heavy (non-hydrogen) atoms. The molecule has 1 aromatic rings. The van der Waals surface area contributed by atoms with Gasteiger partial charge in [0, 0.05) is 7.49 Å². The lowest BCUT2D eigenvalue weighted by Gasteiger charge is -2.27. The molecule has 0 aromatic carbocycles. The Bertz CT molecular complexity index is 675. The van der Waals surface area contributed by atoms with Crippen molar-refractivity contribution in [2.45, 2.75) is 31.8 Å². The van der Waals surface area contributed by atoms with Gasteiger partial charge in [-0.2, -0.15) is 0 Å². The molecule has 1 aromatic heterocycles. The van der Waals surface area contributed by atoms with Crippen LogP contribution in [0.4, 0.5) is 5.69 Å². The first-order valence-corrected chi connectivity index (χ1v) is 8.16. The van der Waals surface area contributed by atoms with Crippen LogP contribution in [0.5, 0.6) is 11.6 Å². The Morgan fingerprint density at radius 2 is 1.81 bits per heavy atom. The second kappa shape index (κ2) is 9.02. The number of anilines is 1. The minimum Gasteiger partial charge on any atom is -0.494 e. The number of hydrogen-bond donors (Lipinski definition) is 1. The van der Waals surface area contributed by atoms with Gasteiger partial charge < -0.3 is 24.3 Å².